The highest BCUT2D eigenvalue weighted by atomic mass is 79.9. The minimum absolute atomic E-state index is 0.185. The predicted molar refractivity (Wildman–Crippen MR) is 142 cm³/mol. The maximum atomic E-state index is 13.2. The second-order valence-corrected chi connectivity index (χ2v) is 9.18. The normalized spacial score (nSPS) is 10.7. The first-order chi connectivity index (χ1) is 16.7. The fraction of sp³-hybridized carbons (Fsp3) is 0.148. The molecule has 0 aliphatic carbocycles. The zero-order chi connectivity index (χ0) is 25.1. The molecule has 1 heterocycles. The molecule has 0 saturated heterocycles. The molecule has 4 aromatic rings. The Labute approximate surface area is 211 Å². The van der Waals surface area contributed by atoms with Gasteiger partial charge in [-0.15, -0.1) is 0 Å². The zero-order valence-electron chi connectivity index (χ0n) is 19.6. The third-order valence-corrected chi connectivity index (χ3v) is 6.29. The molecule has 3 amide bonds. The van der Waals surface area contributed by atoms with Gasteiger partial charge >= 0.3 is 11.8 Å². The second-order valence-electron chi connectivity index (χ2n) is 8.27. The number of rotatable bonds is 5. The van der Waals surface area contributed by atoms with Crippen molar-refractivity contribution in [1.82, 2.24) is 4.68 Å². The number of fused-ring (bicyclic) bond motifs is 1. The van der Waals surface area contributed by atoms with Crippen LogP contribution >= 0.6 is 15.9 Å². The number of nitrogens with zero attached hydrogens (tertiary/aromatic N) is 1. The van der Waals surface area contributed by atoms with Gasteiger partial charge in [0.2, 0.25) is 0 Å². The van der Waals surface area contributed by atoms with E-state index in [1.165, 1.54) is 4.68 Å². The van der Waals surface area contributed by atoms with Gasteiger partial charge in [-0.05, 0) is 85.5 Å². The fourth-order valence-corrected chi connectivity index (χ4v) is 4.03. The molecule has 0 spiro atoms. The Balaban J connectivity index is 1.60. The van der Waals surface area contributed by atoms with Crippen LogP contribution in [0.2, 0.25) is 0 Å². The van der Waals surface area contributed by atoms with Crippen molar-refractivity contribution in [3.8, 4) is 0 Å². The van der Waals surface area contributed by atoms with E-state index in [0.29, 0.717) is 16.9 Å². The summed E-state index contributed by atoms with van der Waals surface area (Å²) in [5, 5.41) is 6.18. The number of anilines is 2. The van der Waals surface area contributed by atoms with Crippen molar-refractivity contribution >= 4 is 55.9 Å². The van der Waals surface area contributed by atoms with Gasteiger partial charge in [0.05, 0.1) is 5.52 Å². The van der Waals surface area contributed by atoms with Gasteiger partial charge in [-0.3, -0.25) is 19.8 Å². The van der Waals surface area contributed by atoms with Crippen LogP contribution in [0.3, 0.4) is 0 Å². The fourth-order valence-electron chi connectivity index (χ4n) is 3.65. The molecule has 3 aromatic carbocycles. The summed E-state index contributed by atoms with van der Waals surface area (Å²) in [6.45, 7) is 6.00. The Morgan fingerprint density at radius 3 is 2.20 bits per heavy atom. The Morgan fingerprint density at radius 1 is 0.800 bits per heavy atom. The molecule has 0 aliphatic rings. The summed E-state index contributed by atoms with van der Waals surface area (Å²) in [6, 6.07) is 19.9. The van der Waals surface area contributed by atoms with Gasteiger partial charge in [-0.25, -0.2) is 4.68 Å². The molecule has 0 aliphatic heterocycles. The number of carbonyl (C=O) groups is 3. The highest BCUT2D eigenvalue weighted by molar-refractivity contribution is 9.10. The average molecular weight is 533 g/mol. The van der Waals surface area contributed by atoms with E-state index in [0.717, 1.165) is 33.0 Å². The van der Waals surface area contributed by atoms with Crippen LogP contribution in [0.15, 0.2) is 71.2 Å². The molecule has 0 fully saturated rings. The summed E-state index contributed by atoms with van der Waals surface area (Å²) in [7, 11) is 0. The topological polar surface area (TPSA) is 92.2 Å². The number of halogens is 1. The van der Waals surface area contributed by atoms with Gasteiger partial charge in [-0.1, -0.05) is 41.1 Å². The Hall–Kier alpha value is -3.91. The standard InChI is InChI=1S/C27H25BrN4O3/c1-4-18-6-10-21(11-7-18)29-26(34)27(35)31-32-23-12-8-20(28)14-19(23)15-24(32)25(33)30-22-9-5-16(2)17(3)13-22/h5-15H,4H2,1-3H3,(H,29,34)(H,30,33)(H,31,35). The molecule has 0 bridgehead atoms. The number of aromatic nitrogens is 1. The van der Waals surface area contributed by atoms with Crippen molar-refractivity contribution in [3.63, 3.8) is 0 Å². The van der Waals surface area contributed by atoms with E-state index in [4.69, 9.17) is 0 Å². The van der Waals surface area contributed by atoms with Gasteiger partial charge in [0, 0.05) is 21.2 Å². The van der Waals surface area contributed by atoms with Gasteiger partial charge < -0.3 is 10.6 Å². The number of carbonyl (C=O) groups excluding carboxylic acids is 3. The lowest BCUT2D eigenvalue weighted by molar-refractivity contribution is -0.133. The maximum Gasteiger partial charge on any atom is 0.328 e. The molecule has 0 unspecified atom stereocenters. The molecule has 3 N–H and O–H groups in total. The van der Waals surface area contributed by atoms with Crippen LogP contribution in [0.4, 0.5) is 11.4 Å². The van der Waals surface area contributed by atoms with Crippen LogP contribution in [0.1, 0.15) is 34.1 Å². The molecule has 7 nitrogen and oxygen atoms in total. The smallest absolute Gasteiger partial charge is 0.321 e. The summed E-state index contributed by atoms with van der Waals surface area (Å²) in [4.78, 5) is 38.6. The Kier molecular flexibility index (Phi) is 7.02. The van der Waals surface area contributed by atoms with Gasteiger partial charge in [0.25, 0.3) is 5.91 Å². The van der Waals surface area contributed by atoms with Crippen molar-refractivity contribution < 1.29 is 14.4 Å². The summed E-state index contributed by atoms with van der Waals surface area (Å²) in [5.41, 5.74) is 7.76. The van der Waals surface area contributed by atoms with Crippen LogP contribution in [-0.4, -0.2) is 22.4 Å². The number of aryl methyl sites for hydroxylation is 3. The predicted octanol–water partition coefficient (Wildman–Crippen LogP) is 5.54. The van der Waals surface area contributed by atoms with Crippen molar-refractivity contribution in [3.05, 3.63) is 93.6 Å². The first-order valence-electron chi connectivity index (χ1n) is 11.2. The van der Waals surface area contributed by atoms with E-state index in [9.17, 15) is 14.4 Å². The van der Waals surface area contributed by atoms with E-state index in [1.807, 2.05) is 57.2 Å². The highest BCUT2D eigenvalue weighted by Gasteiger charge is 2.21. The van der Waals surface area contributed by atoms with Crippen molar-refractivity contribution in [2.45, 2.75) is 27.2 Å². The molecule has 35 heavy (non-hydrogen) atoms. The third kappa shape index (κ3) is 5.44. The number of amides is 3. The monoisotopic (exact) mass is 532 g/mol. The lowest BCUT2D eigenvalue weighted by Gasteiger charge is -2.13. The molecular formula is C27H25BrN4O3. The molecule has 1 aromatic heterocycles. The van der Waals surface area contributed by atoms with Crippen LogP contribution in [-0.2, 0) is 16.0 Å². The van der Waals surface area contributed by atoms with E-state index < -0.39 is 17.7 Å². The SMILES string of the molecule is CCc1ccc(NC(=O)C(=O)Nn2c(C(=O)Nc3ccc(C)c(C)c3)cc3cc(Br)ccc32)cc1. The lowest BCUT2D eigenvalue weighted by atomic mass is 10.1. The largest absolute Gasteiger partial charge is 0.328 e. The van der Waals surface area contributed by atoms with Crippen LogP contribution in [0.25, 0.3) is 10.9 Å². The average Bonchev–Trinajstić information content (AvgIpc) is 3.19. The molecular weight excluding hydrogens is 508 g/mol. The van der Waals surface area contributed by atoms with Gasteiger partial charge in [-0.2, -0.15) is 0 Å². The van der Waals surface area contributed by atoms with Crippen molar-refractivity contribution in [1.29, 1.82) is 0 Å². The molecule has 0 atom stereocenters. The molecule has 178 valence electrons. The van der Waals surface area contributed by atoms with Gasteiger partial charge in [0.15, 0.2) is 0 Å². The second kappa shape index (κ2) is 10.1. The third-order valence-electron chi connectivity index (χ3n) is 5.80. The van der Waals surface area contributed by atoms with Crippen LogP contribution < -0.4 is 16.1 Å². The van der Waals surface area contributed by atoms with Crippen LogP contribution in [0.5, 0.6) is 0 Å². The first kappa shape index (κ1) is 24.2. The van der Waals surface area contributed by atoms with E-state index in [1.54, 1.807) is 30.3 Å². The Bertz CT molecular complexity index is 1440. The van der Waals surface area contributed by atoms with Gasteiger partial charge in [0.1, 0.15) is 5.69 Å². The Morgan fingerprint density at radius 2 is 1.51 bits per heavy atom. The minimum atomic E-state index is -0.898. The lowest BCUT2D eigenvalue weighted by Crippen LogP contribution is -2.36. The molecule has 4 rings (SSSR count). The molecule has 8 heteroatoms. The zero-order valence-corrected chi connectivity index (χ0v) is 21.2. The van der Waals surface area contributed by atoms with E-state index in [2.05, 4.69) is 32.0 Å². The molecule has 0 saturated carbocycles. The minimum Gasteiger partial charge on any atom is -0.321 e. The van der Waals surface area contributed by atoms with E-state index in [-0.39, 0.29) is 5.69 Å². The summed E-state index contributed by atoms with van der Waals surface area (Å²) in [5.74, 6) is -2.16. The number of nitrogens with one attached hydrogen (secondary N) is 3. The van der Waals surface area contributed by atoms with Crippen LogP contribution in [0, 0.1) is 13.8 Å². The maximum absolute atomic E-state index is 13.2. The highest BCUT2D eigenvalue weighted by Crippen LogP contribution is 2.24. The summed E-state index contributed by atoms with van der Waals surface area (Å²) < 4.78 is 2.16. The van der Waals surface area contributed by atoms with E-state index >= 15 is 0 Å². The molecule has 0 radical (unpaired) electrons. The quantitative estimate of drug-likeness (QED) is 0.294. The summed E-state index contributed by atoms with van der Waals surface area (Å²) >= 11 is 3.43. The number of hydrogen-bond donors (Lipinski definition) is 3. The number of benzene rings is 3. The number of hydrogen-bond acceptors (Lipinski definition) is 3. The summed E-state index contributed by atoms with van der Waals surface area (Å²) in [6.07, 6.45) is 0.874. The van der Waals surface area contributed by atoms with Crippen molar-refractivity contribution in [2.75, 3.05) is 16.1 Å². The van der Waals surface area contributed by atoms with Crippen molar-refractivity contribution in [2.24, 2.45) is 0 Å². The first-order valence-corrected chi connectivity index (χ1v) is 12.0.